The molecule has 0 radical (unpaired) electrons. The van der Waals surface area contributed by atoms with Crippen LogP contribution in [0.4, 0.5) is 0 Å². The second-order valence-corrected chi connectivity index (χ2v) is 8.94. The lowest BCUT2D eigenvalue weighted by Crippen LogP contribution is -2.47. The van der Waals surface area contributed by atoms with Crippen molar-refractivity contribution in [2.24, 2.45) is 0 Å². The lowest BCUT2D eigenvalue weighted by molar-refractivity contribution is -0.938. The zero-order chi connectivity index (χ0) is 20.3. The monoisotopic (exact) mass is 388 g/mol. The van der Waals surface area contributed by atoms with Gasteiger partial charge in [-0.05, 0) is 26.7 Å². The van der Waals surface area contributed by atoms with Crippen LogP contribution in [0.1, 0.15) is 116 Å². The Bertz CT molecular complexity index is 435. The molecule has 1 nitrogen and oxygen atoms in total. The lowest BCUT2D eigenvalue weighted by Gasteiger charge is -2.37. The van der Waals surface area contributed by atoms with Crippen molar-refractivity contribution in [2.75, 3.05) is 19.6 Å². The van der Waals surface area contributed by atoms with Crippen molar-refractivity contribution in [2.45, 2.75) is 117 Å². The topological polar surface area (TPSA) is 0 Å². The van der Waals surface area contributed by atoms with E-state index in [0.29, 0.717) is 0 Å². The fourth-order valence-electron chi connectivity index (χ4n) is 4.45. The molecule has 0 N–H and O–H groups in total. The van der Waals surface area contributed by atoms with Gasteiger partial charge in [0.2, 0.25) is 0 Å². The molecule has 0 heterocycles. The summed E-state index contributed by atoms with van der Waals surface area (Å²) in [6.45, 7) is 12.1. The van der Waals surface area contributed by atoms with Crippen molar-refractivity contribution in [3.05, 3.63) is 35.9 Å². The third-order valence-corrected chi connectivity index (χ3v) is 6.69. The molecule has 0 atom stereocenters. The number of quaternary nitrogens is 1. The normalized spacial score (nSPS) is 11.8. The van der Waals surface area contributed by atoms with Crippen molar-refractivity contribution >= 4 is 0 Å². The van der Waals surface area contributed by atoms with Gasteiger partial charge < -0.3 is 4.48 Å². The van der Waals surface area contributed by atoms with E-state index in [0.717, 1.165) is 0 Å². The summed E-state index contributed by atoms with van der Waals surface area (Å²) >= 11 is 0. The molecular formula is C27H50N+. The Hall–Kier alpha value is -0.820. The second-order valence-electron chi connectivity index (χ2n) is 8.94. The molecular weight excluding hydrogens is 338 g/mol. The minimum Gasteiger partial charge on any atom is -0.320 e. The van der Waals surface area contributed by atoms with E-state index in [-0.39, 0.29) is 0 Å². The fraction of sp³-hybridized carbons (Fsp3) is 0.778. The number of hydrogen-bond donors (Lipinski definition) is 0. The first-order valence-corrected chi connectivity index (χ1v) is 12.7. The summed E-state index contributed by atoms with van der Waals surface area (Å²) in [6, 6.07) is 11.1. The fourth-order valence-corrected chi connectivity index (χ4v) is 4.45. The standard InChI is InChI=1S/C27H50N/c1-4-7-8-9-10-11-12-13-14-15-16-17-18-22-25-28(5-2,6-3)26-27-23-20-19-21-24-27/h19-21,23-24H,4-18,22,25-26H2,1-3H3/q+1. The number of nitrogens with zero attached hydrogens (tertiary/aromatic N) is 1. The van der Waals surface area contributed by atoms with Crippen LogP contribution in [-0.2, 0) is 6.54 Å². The van der Waals surface area contributed by atoms with E-state index in [1.54, 1.807) is 0 Å². The number of rotatable bonds is 19. The number of unbranched alkanes of at least 4 members (excludes halogenated alkanes) is 13. The summed E-state index contributed by atoms with van der Waals surface area (Å²) in [5.74, 6) is 0. The van der Waals surface area contributed by atoms with Crippen LogP contribution in [0.5, 0.6) is 0 Å². The second kappa shape index (κ2) is 17.1. The number of benzene rings is 1. The van der Waals surface area contributed by atoms with Gasteiger partial charge in [0.05, 0.1) is 19.6 Å². The Kier molecular flexibility index (Phi) is 15.4. The van der Waals surface area contributed by atoms with Gasteiger partial charge in [-0.3, -0.25) is 0 Å². The van der Waals surface area contributed by atoms with Crippen LogP contribution in [0.3, 0.4) is 0 Å². The molecule has 162 valence electrons. The summed E-state index contributed by atoms with van der Waals surface area (Å²) in [7, 11) is 0. The van der Waals surface area contributed by atoms with Crippen molar-refractivity contribution in [3.8, 4) is 0 Å². The smallest absolute Gasteiger partial charge is 0.104 e. The van der Waals surface area contributed by atoms with Gasteiger partial charge in [-0.1, -0.05) is 114 Å². The summed E-state index contributed by atoms with van der Waals surface area (Å²) in [5.41, 5.74) is 1.50. The average Bonchev–Trinajstić information content (AvgIpc) is 2.74. The van der Waals surface area contributed by atoms with E-state index in [2.05, 4.69) is 51.1 Å². The highest BCUT2D eigenvalue weighted by molar-refractivity contribution is 5.13. The van der Waals surface area contributed by atoms with Gasteiger partial charge in [0.15, 0.2) is 0 Å². The quantitative estimate of drug-likeness (QED) is 0.164. The van der Waals surface area contributed by atoms with Crippen LogP contribution in [0.15, 0.2) is 30.3 Å². The molecule has 0 aliphatic heterocycles. The maximum atomic E-state index is 2.37. The highest BCUT2D eigenvalue weighted by Crippen LogP contribution is 2.18. The van der Waals surface area contributed by atoms with Crippen LogP contribution in [0, 0.1) is 0 Å². The first-order chi connectivity index (χ1) is 13.8. The largest absolute Gasteiger partial charge is 0.320 e. The molecule has 0 spiro atoms. The molecule has 1 rings (SSSR count). The van der Waals surface area contributed by atoms with Crippen molar-refractivity contribution in [1.29, 1.82) is 0 Å². The van der Waals surface area contributed by atoms with E-state index in [9.17, 15) is 0 Å². The lowest BCUT2D eigenvalue weighted by atomic mass is 10.0. The molecule has 28 heavy (non-hydrogen) atoms. The molecule has 0 aliphatic rings. The van der Waals surface area contributed by atoms with Crippen molar-refractivity contribution < 1.29 is 4.48 Å². The average molecular weight is 389 g/mol. The SMILES string of the molecule is CCCCCCCCCCCCCCCC[N+](CC)(CC)Cc1ccccc1. The van der Waals surface area contributed by atoms with Crippen molar-refractivity contribution in [1.82, 2.24) is 0 Å². The number of hydrogen-bond acceptors (Lipinski definition) is 0. The molecule has 0 saturated carbocycles. The van der Waals surface area contributed by atoms with Crippen LogP contribution < -0.4 is 0 Å². The van der Waals surface area contributed by atoms with Crippen LogP contribution in [0.2, 0.25) is 0 Å². The maximum Gasteiger partial charge on any atom is 0.104 e. The molecule has 1 heteroatoms. The molecule has 0 unspecified atom stereocenters. The van der Waals surface area contributed by atoms with Crippen LogP contribution >= 0.6 is 0 Å². The zero-order valence-corrected chi connectivity index (χ0v) is 19.6. The molecule has 0 fully saturated rings. The summed E-state index contributed by atoms with van der Waals surface area (Å²) in [5, 5.41) is 0. The zero-order valence-electron chi connectivity index (χ0n) is 19.6. The minimum atomic E-state index is 1.20. The van der Waals surface area contributed by atoms with E-state index in [1.165, 1.54) is 126 Å². The molecule has 1 aromatic carbocycles. The van der Waals surface area contributed by atoms with E-state index >= 15 is 0 Å². The molecule has 0 aliphatic carbocycles. The summed E-state index contributed by atoms with van der Waals surface area (Å²) < 4.78 is 1.25. The van der Waals surface area contributed by atoms with Gasteiger partial charge in [-0.25, -0.2) is 0 Å². The molecule has 0 aromatic heterocycles. The Labute approximate surface area is 177 Å². The first-order valence-electron chi connectivity index (χ1n) is 12.7. The molecule has 1 aromatic rings. The first kappa shape index (κ1) is 25.2. The Morgan fingerprint density at radius 1 is 0.536 bits per heavy atom. The Morgan fingerprint density at radius 2 is 0.964 bits per heavy atom. The highest BCUT2D eigenvalue weighted by atomic mass is 15.3. The third kappa shape index (κ3) is 11.9. The Balaban J connectivity index is 2.01. The van der Waals surface area contributed by atoms with Crippen LogP contribution in [-0.4, -0.2) is 24.1 Å². The van der Waals surface area contributed by atoms with E-state index < -0.39 is 0 Å². The van der Waals surface area contributed by atoms with E-state index in [4.69, 9.17) is 0 Å². The highest BCUT2D eigenvalue weighted by Gasteiger charge is 2.22. The van der Waals surface area contributed by atoms with E-state index in [1.807, 2.05) is 0 Å². The van der Waals surface area contributed by atoms with Gasteiger partial charge in [0, 0.05) is 5.56 Å². The predicted octanol–water partition coefficient (Wildman–Crippen LogP) is 8.52. The van der Waals surface area contributed by atoms with Gasteiger partial charge in [-0.2, -0.15) is 0 Å². The van der Waals surface area contributed by atoms with Crippen molar-refractivity contribution in [3.63, 3.8) is 0 Å². The Morgan fingerprint density at radius 3 is 1.39 bits per heavy atom. The molecule has 0 bridgehead atoms. The predicted molar refractivity (Wildman–Crippen MR) is 127 cm³/mol. The van der Waals surface area contributed by atoms with Gasteiger partial charge >= 0.3 is 0 Å². The third-order valence-electron chi connectivity index (χ3n) is 6.69. The summed E-state index contributed by atoms with van der Waals surface area (Å²) in [6.07, 6.45) is 20.2. The van der Waals surface area contributed by atoms with Gasteiger partial charge in [0.25, 0.3) is 0 Å². The summed E-state index contributed by atoms with van der Waals surface area (Å²) in [4.78, 5) is 0. The maximum absolute atomic E-state index is 2.37. The molecule has 0 saturated heterocycles. The molecule has 0 amide bonds. The minimum absolute atomic E-state index is 1.20. The van der Waals surface area contributed by atoms with Crippen LogP contribution in [0.25, 0.3) is 0 Å². The van der Waals surface area contributed by atoms with Gasteiger partial charge in [-0.15, -0.1) is 0 Å². The van der Waals surface area contributed by atoms with Gasteiger partial charge in [0.1, 0.15) is 6.54 Å².